The van der Waals surface area contributed by atoms with Gasteiger partial charge >= 0.3 is 5.97 Å². The smallest absolute Gasteiger partial charge is 0.338 e. The summed E-state index contributed by atoms with van der Waals surface area (Å²) in [5, 5.41) is 10.6. The maximum atomic E-state index is 12.7. The molecule has 7 heteroatoms. The molecule has 1 heterocycles. The number of carbonyl (C=O) groups is 1. The van der Waals surface area contributed by atoms with Gasteiger partial charge in [-0.25, -0.2) is 4.79 Å². The monoisotopic (exact) mass is 428 g/mol. The molecule has 0 radical (unpaired) electrons. The Morgan fingerprint density at radius 2 is 1.97 bits per heavy atom. The van der Waals surface area contributed by atoms with Gasteiger partial charge in [-0.2, -0.15) is 5.26 Å². The van der Waals surface area contributed by atoms with E-state index in [2.05, 4.69) is 6.07 Å². The summed E-state index contributed by atoms with van der Waals surface area (Å²) in [6.45, 7) is 3.53. The number of nitrogens with two attached hydrogens (primary N) is 1. The Morgan fingerprint density at radius 1 is 1.24 bits per heavy atom. The minimum absolute atomic E-state index is 0.0352. The molecule has 0 bridgehead atoms. The first-order valence-corrected chi connectivity index (χ1v) is 9.64. The van der Waals surface area contributed by atoms with E-state index in [9.17, 15) is 10.1 Å². The predicted molar refractivity (Wildman–Crippen MR) is 112 cm³/mol. The molecule has 0 spiro atoms. The van der Waals surface area contributed by atoms with Crippen LogP contribution in [0.1, 0.15) is 25.3 Å². The van der Waals surface area contributed by atoms with Crippen molar-refractivity contribution in [1.82, 2.24) is 0 Å². The van der Waals surface area contributed by atoms with E-state index in [0.717, 1.165) is 11.1 Å². The topological polar surface area (TPSA) is 85.3 Å². The predicted octanol–water partition coefficient (Wildman–Crippen LogP) is 5.31. The van der Waals surface area contributed by atoms with Crippen LogP contribution in [0.5, 0.6) is 0 Å². The number of halogens is 2. The van der Waals surface area contributed by atoms with Crippen LogP contribution in [0, 0.1) is 11.3 Å². The molecule has 1 aliphatic rings. The van der Waals surface area contributed by atoms with Crippen molar-refractivity contribution in [3.8, 4) is 17.2 Å². The molecule has 0 saturated heterocycles. The molecule has 5 nitrogen and oxygen atoms in total. The highest BCUT2D eigenvalue weighted by molar-refractivity contribution is 6.42. The van der Waals surface area contributed by atoms with Crippen LogP contribution in [0.15, 0.2) is 65.3 Å². The van der Waals surface area contributed by atoms with Crippen molar-refractivity contribution in [2.24, 2.45) is 5.73 Å². The van der Waals surface area contributed by atoms with Crippen molar-refractivity contribution in [2.75, 3.05) is 6.61 Å². The third-order valence-electron chi connectivity index (χ3n) is 4.60. The number of rotatable bonds is 4. The number of ether oxygens (including phenoxy) is 2. The summed E-state index contributed by atoms with van der Waals surface area (Å²) in [6, 6.07) is 14.8. The third-order valence-corrected chi connectivity index (χ3v) is 5.34. The van der Waals surface area contributed by atoms with Crippen LogP contribution in [-0.4, -0.2) is 12.6 Å². The third kappa shape index (κ3) is 3.95. The number of carbonyl (C=O) groups excluding carboxylic acids is 1. The maximum Gasteiger partial charge on any atom is 0.338 e. The molecule has 1 atom stereocenters. The molecule has 1 unspecified atom stereocenters. The molecule has 2 aromatic carbocycles. The second kappa shape index (κ2) is 8.60. The van der Waals surface area contributed by atoms with Crippen LogP contribution < -0.4 is 5.73 Å². The van der Waals surface area contributed by atoms with Gasteiger partial charge in [-0.15, -0.1) is 0 Å². The first-order valence-electron chi connectivity index (χ1n) is 8.88. The van der Waals surface area contributed by atoms with Crippen molar-refractivity contribution in [1.29, 1.82) is 5.26 Å². The van der Waals surface area contributed by atoms with E-state index in [0.29, 0.717) is 21.4 Å². The summed E-state index contributed by atoms with van der Waals surface area (Å²) in [5.41, 5.74) is 8.65. The number of hydrogen-bond acceptors (Lipinski definition) is 5. The lowest BCUT2D eigenvalue weighted by atomic mass is 9.79. The van der Waals surface area contributed by atoms with Crippen LogP contribution in [-0.2, 0) is 14.3 Å². The van der Waals surface area contributed by atoms with Crippen molar-refractivity contribution >= 4 is 29.2 Å². The van der Waals surface area contributed by atoms with Gasteiger partial charge in [0, 0.05) is 0 Å². The summed E-state index contributed by atoms with van der Waals surface area (Å²) in [6.07, 6.45) is 0. The summed E-state index contributed by atoms with van der Waals surface area (Å²) >= 11 is 12.3. The Kier molecular flexibility index (Phi) is 6.17. The zero-order valence-electron chi connectivity index (χ0n) is 15.8. The molecule has 0 fully saturated rings. The Morgan fingerprint density at radius 3 is 2.62 bits per heavy atom. The van der Waals surface area contributed by atoms with E-state index in [1.165, 1.54) is 0 Å². The van der Waals surface area contributed by atoms with Crippen LogP contribution in [0.3, 0.4) is 0 Å². The number of benzene rings is 2. The zero-order valence-corrected chi connectivity index (χ0v) is 17.3. The van der Waals surface area contributed by atoms with Gasteiger partial charge in [0.1, 0.15) is 17.4 Å². The normalized spacial score (nSPS) is 16.3. The number of hydrogen-bond donors (Lipinski definition) is 1. The number of nitriles is 1. The number of esters is 1. The lowest BCUT2D eigenvalue weighted by molar-refractivity contribution is -0.139. The largest absolute Gasteiger partial charge is 0.463 e. The van der Waals surface area contributed by atoms with Gasteiger partial charge in [-0.05, 0) is 42.7 Å². The van der Waals surface area contributed by atoms with Crippen molar-refractivity contribution in [3.05, 3.63) is 80.9 Å². The lowest BCUT2D eigenvalue weighted by Crippen LogP contribution is -2.25. The molecule has 0 amide bonds. The van der Waals surface area contributed by atoms with Gasteiger partial charge in [0.25, 0.3) is 0 Å². The average Bonchev–Trinajstić information content (AvgIpc) is 2.69. The van der Waals surface area contributed by atoms with E-state index in [1.54, 1.807) is 26.0 Å². The fraction of sp³-hybridized carbons (Fsp3) is 0.182. The second-order valence-electron chi connectivity index (χ2n) is 6.33. The van der Waals surface area contributed by atoms with Gasteiger partial charge in [0.15, 0.2) is 0 Å². The first kappa shape index (κ1) is 20.8. The number of nitrogens with zero attached hydrogens (tertiary/aromatic N) is 1. The van der Waals surface area contributed by atoms with Gasteiger partial charge in [-0.1, -0.05) is 53.5 Å². The highest BCUT2D eigenvalue weighted by Gasteiger charge is 2.37. The average molecular weight is 429 g/mol. The molecule has 0 aliphatic carbocycles. The summed E-state index contributed by atoms with van der Waals surface area (Å²) in [5.74, 6) is -1.03. The maximum absolute atomic E-state index is 12.7. The number of allylic oxidation sites excluding steroid dienone is 2. The zero-order chi connectivity index (χ0) is 21.1. The molecular formula is C22H18Cl2N2O3. The van der Waals surface area contributed by atoms with E-state index in [1.807, 2.05) is 30.3 Å². The van der Waals surface area contributed by atoms with Crippen molar-refractivity contribution in [3.63, 3.8) is 0 Å². The quantitative estimate of drug-likeness (QED) is 0.667. The minimum Gasteiger partial charge on any atom is -0.463 e. The molecular weight excluding hydrogens is 411 g/mol. The summed E-state index contributed by atoms with van der Waals surface area (Å²) in [4.78, 5) is 12.7. The van der Waals surface area contributed by atoms with E-state index < -0.39 is 11.9 Å². The second-order valence-corrected chi connectivity index (χ2v) is 7.15. The first-order chi connectivity index (χ1) is 13.9. The highest BCUT2D eigenvalue weighted by atomic mass is 35.5. The Hall–Kier alpha value is -2.94. The van der Waals surface area contributed by atoms with Crippen molar-refractivity contribution < 1.29 is 14.3 Å². The molecule has 29 heavy (non-hydrogen) atoms. The van der Waals surface area contributed by atoms with Gasteiger partial charge in [0.2, 0.25) is 5.88 Å². The molecule has 148 valence electrons. The fourth-order valence-electron chi connectivity index (χ4n) is 3.34. The van der Waals surface area contributed by atoms with Crippen molar-refractivity contribution in [2.45, 2.75) is 19.8 Å². The molecule has 1 aliphatic heterocycles. The van der Waals surface area contributed by atoms with E-state index in [4.69, 9.17) is 38.4 Å². The highest BCUT2D eigenvalue weighted by Crippen LogP contribution is 2.43. The SMILES string of the molecule is CCOC(=O)C1=C(C)OC(N)=C(C#N)C1c1ccccc1-c1ccc(Cl)c(Cl)c1. The fourth-order valence-corrected chi connectivity index (χ4v) is 3.64. The summed E-state index contributed by atoms with van der Waals surface area (Å²) < 4.78 is 10.7. The standard InChI is InChI=1S/C22H18Cl2N2O3/c1-3-28-22(27)19-12(2)29-21(26)16(11-25)20(19)15-7-5-4-6-14(15)13-8-9-17(23)18(24)10-13/h4-10,20H,3,26H2,1-2H3. The molecule has 0 saturated carbocycles. The van der Waals surface area contributed by atoms with Gasteiger partial charge in [-0.3, -0.25) is 0 Å². The van der Waals surface area contributed by atoms with Crippen LogP contribution >= 0.6 is 23.2 Å². The minimum atomic E-state index is -0.738. The van der Waals surface area contributed by atoms with Gasteiger partial charge < -0.3 is 15.2 Å². The molecule has 3 rings (SSSR count). The Bertz CT molecular complexity index is 1080. The van der Waals surface area contributed by atoms with Crippen LogP contribution in [0.2, 0.25) is 10.0 Å². The van der Waals surface area contributed by atoms with Crippen LogP contribution in [0.4, 0.5) is 0 Å². The molecule has 2 N–H and O–H groups in total. The summed E-state index contributed by atoms with van der Waals surface area (Å²) in [7, 11) is 0. The molecule has 2 aromatic rings. The Balaban J connectivity index is 2.26. The molecule has 0 aromatic heterocycles. The van der Waals surface area contributed by atoms with Gasteiger partial charge in [0.05, 0.1) is 28.1 Å². The van der Waals surface area contributed by atoms with E-state index >= 15 is 0 Å². The van der Waals surface area contributed by atoms with Crippen LogP contribution in [0.25, 0.3) is 11.1 Å². The Labute approximate surface area is 178 Å². The van der Waals surface area contributed by atoms with E-state index in [-0.39, 0.29) is 23.6 Å². The lowest BCUT2D eigenvalue weighted by Gasteiger charge is -2.28.